The third kappa shape index (κ3) is 2.10. The van der Waals surface area contributed by atoms with Gasteiger partial charge in [0.1, 0.15) is 5.69 Å². The normalized spacial score (nSPS) is 10.3. The first kappa shape index (κ1) is 9.98. The van der Waals surface area contributed by atoms with Crippen LogP contribution in [0, 0.1) is 13.8 Å². The predicted octanol–water partition coefficient (Wildman–Crippen LogP) is 2.39. The summed E-state index contributed by atoms with van der Waals surface area (Å²) >= 11 is 1.48. The van der Waals surface area contributed by atoms with Crippen molar-refractivity contribution in [2.75, 3.05) is 0 Å². The molecular weight excluding hydrogens is 208 g/mol. The van der Waals surface area contributed by atoms with Crippen LogP contribution in [-0.2, 0) is 0 Å². The summed E-state index contributed by atoms with van der Waals surface area (Å²) in [5.41, 5.74) is 2.00. The van der Waals surface area contributed by atoms with E-state index >= 15 is 0 Å². The number of pyridine rings is 1. The van der Waals surface area contributed by atoms with E-state index < -0.39 is 0 Å². The summed E-state index contributed by atoms with van der Waals surface area (Å²) in [4.78, 5) is 20.1. The maximum Gasteiger partial charge on any atom is 0.212 e. The second-order valence-electron chi connectivity index (χ2n) is 3.27. The van der Waals surface area contributed by atoms with E-state index in [-0.39, 0.29) is 5.78 Å². The number of hydrogen-bond donors (Lipinski definition) is 0. The Kier molecular flexibility index (Phi) is 2.60. The topological polar surface area (TPSA) is 42.9 Å². The highest BCUT2D eigenvalue weighted by atomic mass is 32.1. The molecule has 0 saturated carbocycles. The van der Waals surface area contributed by atoms with Gasteiger partial charge < -0.3 is 0 Å². The van der Waals surface area contributed by atoms with Crippen molar-refractivity contribution in [1.82, 2.24) is 9.97 Å². The second-order valence-corrected chi connectivity index (χ2v) is 4.33. The molecule has 2 heterocycles. The minimum absolute atomic E-state index is 0.0372. The smallest absolute Gasteiger partial charge is 0.212 e. The molecule has 76 valence electrons. The Bertz CT molecular complexity index is 505. The van der Waals surface area contributed by atoms with Crippen molar-refractivity contribution in [2.24, 2.45) is 0 Å². The molecule has 2 rings (SSSR count). The second kappa shape index (κ2) is 3.90. The van der Waals surface area contributed by atoms with Crippen molar-refractivity contribution in [1.29, 1.82) is 0 Å². The highest BCUT2D eigenvalue weighted by Gasteiger charge is 2.11. The van der Waals surface area contributed by atoms with Gasteiger partial charge in [-0.3, -0.25) is 9.78 Å². The maximum atomic E-state index is 11.9. The lowest BCUT2D eigenvalue weighted by Crippen LogP contribution is -2.02. The first-order valence-electron chi connectivity index (χ1n) is 4.56. The Balaban J connectivity index is 2.36. The third-order valence-electron chi connectivity index (χ3n) is 2.01. The van der Waals surface area contributed by atoms with E-state index in [0.29, 0.717) is 11.3 Å². The number of thiazole rings is 1. The number of aryl methyl sites for hydroxylation is 2. The molecule has 0 aromatic carbocycles. The number of nitrogens with zero attached hydrogens (tertiary/aromatic N) is 2. The van der Waals surface area contributed by atoms with E-state index in [2.05, 4.69) is 9.97 Å². The van der Waals surface area contributed by atoms with Crippen LogP contribution in [0.5, 0.6) is 0 Å². The maximum absolute atomic E-state index is 11.9. The van der Waals surface area contributed by atoms with Crippen LogP contribution in [0.2, 0.25) is 0 Å². The molecule has 0 fully saturated rings. The molecule has 15 heavy (non-hydrogen) atoms. The summed E-state index contributed by atoms with van der Waals surface area (Å²) in [6, 6.07) is 3.49. The van der Waals surface area contributed by atoms with Crippen molar-refractivity contribution >= 4 is 17.1 Å². The van der Waals surface area contributed by atoms with Gasteiger partial charge in [0.25, 0.3) is 0 Å². The van der Waals surface area contributed by atoms with Gasteiger partial charge in [0.2, 0.25) is 5.78 Å². The summed E-state index contributed by atoms with van der Waals surface area (Å²) in [7, 11) is 0. The van der Waals surface area contributed by atoms with E-state index in [1.165, 1.54) is 11.3 Å². The summed E-state index contributed by atoms with van der Waals surface area (Å²) < 4.78 is 0. The van der Waals surface area contributed by atoms with E-state index in [0.717, 1.165) is 10.7 Å². The molecule has 0 spiro atoms. The molecule has 2 aromatic heterocycles. The number of carbonyl (C=O) groups excluding carboxylic acids is 1. The van der Waals surface area contributed by atoms with Crippen LogP contribution in [0.15, 0.2) is 23.7 Å². The van der Waals surface area contributed by atoms with Crippen molar-refractivity contribution in [3.8, 4) is 0 Å². The van der Waals surface area contributed by atoms with Gasteiger partial charge in [-0.25, -0.2) is 4.98 Å². The van der Waals surface area contributed by atoms with E-state index in [9.17, 15) is 4.79 Å². The predicted molar refractivity (Wildman–Crippen MR) is 59.3 cm³/mol. The molecule has 0 aliphatic rings. The lowest BCUT2D eigenvalue weighted by Gasteiger charge is -1.97. The van der Waals surface area contributed by atoms with Crippen molar-refractivity contribution in [3.05, 3.63) is 45.7 Å². The van der Waals surface area contributed by atoms with Gasteiger partial charge in [0, 0.05) is 22.8 Å². The Hall–Kier alpha value is -1.55. The SMILES string of the molecule is Cc1cc(C(=O)c2csc(C)n2)ccn1. The van der Waals surface area contributed by atoms with E-state index in [1.807, 2.05) is 13.8 Å². The number of carbonyl (C=O) groups is 1. The molecule has 0 aliphatic carbocycles. The Morgan fingerprint density at radius 3 is 2.80 bits per heavy atom. The molecule has 3 nitrogen and oxygen atoms in total. The van der Waals surface area contributed by atoms with Gasteiger partial charge in [-0.05, 0) is 26.0 Å². The molecule has 2 aromatic rings. The first-order valence-corrected chi connectivity index (χ1v) is 5.44. The fourth-order valence-electron chi connectivity index (χ4n) is 1.30. The van der Waals surface area contributed by atoms with Crippen LogP contribution in [0.3, 0.4) is 0 Å². The first-order chi connectivity index (χ1) is 7.16. The average Bonchev–Trinajstić information content (AvgIpc) is 2.64. The zero-order valence-corrected chi connectivity index (χ0v) is 9.34. The Labute approximate surface area is 91.8 Å². The summed E-state index contributed by atoms with van der Waals surface area (Å²) in [5.74, 6) is -0.0372. The van der Waals surface area contributed by atoms with Crippen molar-refractivity contribution < 1.29 is 4.79 Å². The Morgan fingerprint density at radius 1 is 1.40 bits per heavy atom. The standard InChI is InChI=1S/C11H10N2OS/c1-7-5-9(3-4-12-7)11(14)10-6-15-8(2)13-10/h3-6H,1-2H3. The number of aromatic nitrogens is 2. The molecule has 0 saturated heterocycles. The van der Waals surface area contributed by atoms with Gasteiger partial charge in [0.15, 0.2) is 0 Å². The Morgan fingerprint density at radius 2 is 2.20 bits per heavy atom. The highest BCUT2D eigenvalue weighted by molar-refractivity contribution is 7.09. The quantitative estimate of drug-likeness (QED) is 0.727. The van der Waals surface area contributed by atoms with Gasteiger partial charge >= 0.3 is 0 Å². The van der Waals surface area contributed by atoms with E-state index in [4.69, 9.17) is 0 Å². The van der Waals surface area contributed by atoms with Crippen molar-refractivity contribution in [2.45, 2.75) is 13.8 Å². The highest BCUT2D eigenvalue weighted by Crippen LogP contribution is 2.13. The third-order valence-corrected chi connectivity index (χ3v) is 2.78. The number of ketones is 1. The van der Waals surface area contributed by atoms with Crippen LogP contribution in [-0.4, -0.2) is 15.8 Å². The molecule has 0 unspecified atom stereocenters. The summed E-state index contributed by atoms with van der Waals surface area (Å²) in [6.07, 6.45) is 1.64. The van der Waals surface area contributed by atoms with Gasteiger partial charge in [0.05, 0.1) is 5.01 Å². The molecule has 0 radical (unpaired) electrons. The van der Waals surface area contributed by atoms with Crippen LogP contribution >= 0.6 is 11.3 Å². The summed E-state index contributed by atoms with van der Waals surface area (Å²) in [6.45, 7) is 3.75. The minimum Gasteiger partial charge on any atom is -0.287 e. The van der Waals surface area contributed by atoms with Gasteiger partial charge in [-0.2, -0.15) is 0 Å². The lowest BCUT2D eigenvalue weighted by molar-refractivity contribution is 0.103. The summed E-state index contributed by atoms with van der Waals surface area (Å²) in [5, 5.41) is 2.69. The molecule has 0 amide bonds. The van der Waals surface area contributed by atoms with Crippen LogP contribution in [0.1, 0.15) is 26.8 Å². The minimum atomic E-state index is -0.0372. The van der Waals surface area contributed by atoms with Gasteiger partial charge in [-0.1, -0.05) is 0 Å². The molecule has 0 aliphatic heterocycles. The fraction of sp³-hybridized carbons (Fsp3) is 0.182. The van der Waals surface area contributed by atoms with Crippen molar-refractivity contribution in [3.63, 3.8) is 0 Å². The lowest BCUT2D eigenvalue weighted by atomic mass is 10.1. The van der Waals surface area contributed by atoms with E-state index in [1.54, 1.807) is 23.7 Å². The monoisotopic (exact) mass is 218 g/mol. The van der Waals surface area contributed by atoms with Crippen LogP contribution < -0.4 is 0 Å². The van der Waals surface area contributed by atoms with Crippen LogP contribution in [0.25, 0.3) is 0 Å². The molecule has 0 N–H and O–H groups in total. The largest absolute Gasteiger partial charge is 0.287 e. The fourth-order valence-corrected chi connectivity index (χ4v) is 1.90. The van der Waals surface area contributed by atoms with Gasteiger partial charge in [-0.15, -0.1) is 11.3 Å². The average molecular weight is 218 g/mol. The molecule has 4 heteroatoms. The zero-order valence-electron chi connectivity index (χ0n) is 8.52. The molecular formula is C11H10N2OS. The zero-order chi connectivity index (χ0) is 10.8. The van der Waals surface area contributed by atoms with Crippen LogP contribution in [0.4, 0.5) is 0 Å². The molecule has 0 bridgehead atoms. The molecule has 0 atom stereocenters. The number of rotatable bonds is 2. The number of hydrogen-bond acceptors (Lipinski definition) is 4.